The first-order valence-electron chi connectivity index (χ1n) is 10.8. The lowest BCUT2D eigenvalue weighted by molar-refractivity contribution is 0.166. The SMILES string of the molecule is COc1c(C(C)Nc2ncnc(N)c2C(=N)c2cn[nH]c2)cc(Cl)c(C)c1C1CN(CC#N)C1. The number of anilines is 2. The molecular formula is C23H26ClN9O. The van der Waals surface area contributed by atoms with Crippen molar-refractivity contribution >= 4 is 28.9 Å². The van der Waals surface area contributed by atoms with Crippen molar-refractivity contribution in [3.05, 3.63) is 57.6 Å². The summed E-state index contributed by atoms with van der Waals surface area (Å²) < 4.78 is 5.89. The molecule has 0 saturated carbocycles. The monoisotopic (exact) mass is 479 g/mol. The molecule has 4 rings (SSSR count). The average molecular weight is 480 g/mol. The smallest absolute Gasteiger partial charge is 0.141 e. The van der Waals surface area contributed by atoms with Crippen LogP contribution in [0.5, 0.6) is 5.75 Å². The van der Waals surface area contributed by atoms with Crippen LogP contribution in [-0.2, 0) is 0 Å². The van der Waals surface area contributed by atoms with E-state index in [1.165, 1.54) is 6.33 Å². The van der Waals surface area contributed by atoms with Gasteiger partial charge in [-0.05, 0) is 25.5 Å². The molecule has 0 amide bonds. The number of ether oxygens (including phenoxy) is 1. The van der Waals surface area contributed by atoms with E-state index in [-0.39, 0.29) is 23.5 Å². The van der Waals surface area contributed by atoms with Gasteiger partial charge in [0.05, 0.1) is 43.2 Å². The number of nitrogens with two attached hydrogens (primary N) is 1. The van der Waals surface area contributed by atoms with Crippen molar-refractivity contribution in [3.8, 4) is 11.8 Å². The molecule has 1 aromatic carbocycles. The third-order valence-electron chi connectivity index (χ3n) is 6.15. The van der Waals surface area contributed by atoms with Gasteiger partial charge in [-0.3, -0.25) is 15.4 Å². The fourth-order valence-corrected chi connectivity index (χ4v) is 4.58. The second-order valence-corrected chi connectivity index (χ2v) is 8.69. The minimum Gasteiger partial charge on any atom is -0.496 e. The predicted octanol–water partition coefficient (Wildman–Crippen LogP) is 3.26. The summed E-state index contributed by atoms with van der Waals surface area (Å²) >= 11 is 6.65. The number of rotatable bonds is 8. The second-order valence-electron chi connectivity index (χ2n) is 8.28. The highest BCUT2D eigenvalue weighted by Crippen LogP contribution is 2.43. The van der Waals surface area contributed by atoms with Gasteiger partial charge in [-0.25, -0.2) is 9.97 Å². The van der Waals surface area contributed by atoms with Gasteiger partial charge in [0.25, 0.3) is 0 Å². The van der Waals surface area contributed by atoms with Crippen molar-refractivity contribution in [2.75, 3.05) is 37.8 Å². The Kier molecular flexibility index (Phi) is 6.68. The van der Waals surface area contributed by atoms with Crippen LogP contribution in [0.15, 0.2) is 24.8 Å². The molecule has 3 aromatic rings. The van der Waals surface area contributed by atoms with Gasteiger partial charge < -0.3 is 15.8 Å². The van der Waals surface area contributed by atoms with Crippen LogP contribution in [0.1, 0.15) is 46.7 Å². The summed E-state index contributed by atoms with van der Waals surface area (Å²) in [4.78, 5) is 10.5. The molecule has 34 heavy (non-hydrogen) atoms. The minimum atomic E-state index is -0.271. The Labute approximate surface area is 202 Å². The Hall–Kier alpha value is -3.68. The first-order chi connectivity index (χ1) is 16.3. The van der Waals surface area contributed by atoms with E-state index >= 15 is 0 Å². The average Bonchev–Trinajstić information content (AvgIpc) is 3.32. The third kappa shape index (κ3) is 4.27. The highest BCUT2D eigenvalue weighted by molar-refractivity contribution is 6.31. The molecule has 0 aliphatic carbocycles. The van der Waals surface area contributed by atoms with Crippen LogP contribution < -0.4 is 15.8 Å². The molecule has 1 fully saturated rings. The summed E-state index contributed by atoms with van der Waals surface area (Å²) in [6.45, 7) is 5.93. The number of halogens is 1. The molecule has 3 heterocycles. The van der Waals surface area contributed by atoms with Gasteiger partial charge in [0.15, 0.2) is 0 Å². The van der Waals surface area contributed by atoms with Crippen molar-refractivity contribution < 1.29 is 4.74 Å². The Morgan fingerprint density at radius 1 is 1.47 bits per heavy atom. The lowest BCUT2D eigenvalue weighted by atomic mass is 9.85. The molecule has 1 unspecified atom stereocenters. The Balaban J connectivity index is 1.69. The predicted molar refractivity (Wildman–Crippen MR) is 131 cm³/mol. The summed E-state index contributed by atoms with van der Waals surface area (Å²) in [5.41, 5.74) is 10.1. The van der Waals surface area contributed by atoms with E-state index in [1.807, 2.05) is 19.9 Å². The molecular weight excluding hydrogens is 454 g/mol. The van der Waals surface area contributed by atoms with E-state index in [2.05, 4.69) is 36.5 Å². The van der Waals surface area contributed by atoms with Gasteiger partial charge in [-0.15, -0.1) is 0 Å². The van der Waals surface area contributed by atoms with Gasteiger partial charge in [-0.1, -0.05) is 11.6 Å². The zero-order chi connectivity index (χ0) is 24.4. The van der Waals surface area contributed by atoms with Crippen molar-refractivity contribution in [3.63, 3.8) is 0 Å². The number of nitrogen functional groups attached to an aromatic ring is 1. The van der Waals surface area contributed by atoms with Crippen LogP contribution in [-0.4, -0.2) is 57.5 Å². The first kappa shape index (κ1) is 23.5. The largest absolute Gasteiger partial charge is 0.496 e. The number of benzene rings is 1. The molecule has 1 aliphatic rings. The molecule has 2 aromatic heterocycles. The maximum Gasteiger partial charge on any atom is 0.141 e. The van der Waals surface area contributed by atoms with Crippen LogP contribution in [0.4, 0.5) is 11.6 Å². The summed E-state index contributed by atoms with van der Waals surface area (Å²) in [6.07, 6.45) is 4.52. The Morgan fingerprint density at radius 3 is 2.88 bits per heavy atom. The van der Waals surface area contributed by atoms with Crippen LogP contribution in [0, 0.1) is 23.7 Å². The van der Waals surface area contributed by atoms with Gasteiger partial charge in [0.1, 0.15) is 23.7 Å². The highest BCUT2D eigenvalue weighted by Gasteiger charge is 2.33. The number of hydrogen-bond acceptors (Lipinski definition) is 9. The maximum absolute atomic E-state index is 8.97. The van der Waals surface area contributed by atoms with Crippen molar-refractivity contribution in [1.29, 1.82) is 10.7 Å². The quantitative estimate of drug-likeness (QED) is 0.283. The second kappa shape index (κ2) is 9.67. The van der Waals surface area contributed by atoms with Crippen LogP contribution in [0.3, 0.4) is 0 Å². The molecule has 176 valence electrons. The standard InChI is InChI=1S/C23H26ClN9O/c1-12-17(24)6-16(21(34-3)18(12)15-9-33(10-15)5-4-25)13(2)32-23-19(22(27)28-11-29-23)20(26)14-7-30-31-8-14/h6-8,11,13,15,26H,5,9-10H2,1-3H3,(H,30,31)(H3,27,28,29,32). The molecule has 0 bridgehead atoms. The molecule has 10 nitrogen and oxygen atoms in total. The van der Waals surface area contributed by atoms with E-state index in [0.29, 0.717) is 28.5 Å². The fourth-order valence-electron chi connectivity index (χ4n) is 4.36. The van der Waals surface area contributed by atoms with E-state index in [9.17, 15) is 0 Å². The third-order valence-corrected chi connectivity index (χ3v) is 6.54. The molecule has 11 heteroatoms. The highest BCUT2D eigenvalue weighted by atomic mass is 35.5. The van der Waals surface area contributed by atoms with Gasteiger partial charge in [0.2, 0.25) is 0 Å². The Bertz CT molecular complexity index is 1250. The van der Waals surface area contributed by atoms with Crippen LogP contribution in [0.25, 0.3) is 0 Å². The normalized spacial score (nSPS) is 14.8. The summed E-state index contributed by atoms with van der Waals surface area (Å²) in [6, 6.07) is 3.82. The van der Waals surface area contributed by atoms with Gasteiger partial charge in [-0.2, -0.15) is 10.4 Å². The van der Waals surface area contributed by atoms with Crippen molar-refractivity contribution in [1.82, 2.24) is 25.1 Å². The fraction of sp³-hybridized carbons (Fsp3) is 0.348. The zero-order valence-electron chi connectivity index (χ0n) is 19.2. The van der Waals surface area contributed by atoms with Crippen molar-refractivity contribution in [2.24, 2.45) is 0 Å². The number of methoxy groups -OCH3 is 1. The van der Waals surface area contributed by atoms with Crippen LogP contribution in [0.2, 0.25) is 5.02 Å². The number of likely N-dealkylation sites (tertiary alicyclic amines) is 1. The molecule has 1 atom stereocenters. The van der Waals surface area contributed by atoms with Gasteiger partial charge in [0, 0.05) is 46.9 Å². The van der Waals surface area contributed by atoms with E-state index < -0.39 is 0 Å². The maximum atomic E-state index is 8.97. The molecule has 1 aliphatic heterocycles. The van der Waals surface area contributed by atoms with E-state index in [0.717, 1.165) is 35.5 Å². The number of aromatic amines is 1. The number of aromatic nitrogens is 4. The number of nitriles is 1. The molecule has 5 N–H and O–H groups in total. The summed E-state index contributed by atoms with van der Waals surface area (Å²) in [5, 5.41) is 28.2. The molecule has 0 spiro atoms. The molecule has 1 saturated heterocycles. The summed E-state index contributed by atoms with van der Waals surface area (Å²) in [5.74, 6) is 1.61. The van der Waals surface area contributed by atoms with Crippen molar-refractivity contribution in [2.45, 2.75) is 25.8 Å². The lowest BCUT2D eigenvalue weighted by Crippen LogP contribution is -2.45. The van der Waals surface area contributed by atoms with E-state index in [4.69, 9.17) is 32.7 Å². The van der Waals surface area contributed by atoms with Crippen LogP contribution >= 0.6 is 11.6 Å². The number of nitrogens with zero attached hydrogens (tertiary/aromatic N) is 5. The van der Waals surface area contributed by atoms with E-state index in [1.54, 1.807) is 19.5 Å². The Morgan fingerprint density at radius 2 is 2.24 bits per heavy atom. The first-order valence-corrected chi connectivity index (χ1v) is 11.1. The number of nitrogens with one attached hydrogen (secondary N) is 3. The molecule has 0 radical (unpaired) electrons. The minimum absolute atomic E-state index is 0.156. The zero-order valence-corrected chi connectivity index (χ0v) is 19.9. The topological polar surface area (TPSA) is 153 Å². The summed E-state index contributed by atoms with van der Waals surface area (Å²) in [7, 11) is 1.65. The number of hydrogen-bond donors (Lipinski definition) is 4. The number of H-pyrrole nitrogens is 1. The van der Waals surface area contributed by atoms with Gasteiger partial charge >= 0.3 is 0 Å². The lowest BCUT2D eigenvalue weighted by Gasteiger charge is -2.40.